The summed E-state index contributed by atoms with van der Waals surface area (Å²) in [5.74, 6) is 0. The van der Waals surface area contributed by atoms with Crippen LogP contribution in [0.2, 0.25) is 0 Å². The molecule has 7 fully saturated rings. The Bertz CT molecular complexity index is 1810. The van der Waals surface area contributed by atoms with Crippen molar-refractivity contribution in [2.45, 2.75) is 37.0 Å². The third-order valence-electron chi connectivity index (χ3n) is 9.09. The van der Waals surface area contributed by atoms with Gasteiger partial charge in [0.05, 0.1) is 0 Å². The molecule has 0 spiro atoms. The number of hydrogen-bond acceptors (Lipinski definition) is 26. The van der Waals surface area contributed by atoms with Crippen LogP contribution in [0, 0.1) is 131 Å². The van der Waals surface area contributed by atoms with E-state index in [1.54, 1.807) is 0 Å². The molecular weight excluding hydrogens is 936 g/mol. The van der Waals surface area contributed by atoms with Crippen molar-refractivity contribution in [3.63, 3.8) is 0 Å². The Balaban J connectivity index is 0.000000229. The van der Waals surface area contributed by atoms with E-state index in [0.717, 1.165) is 0 Å². The summed E-state index contributed by atoms with van der Waals surface area (Å²) in [4.78, 5) is 144. The van der Waals surface area contributed by atoms with E-state index in [1.165, 1.54) is 0 Å². The molecule has 358 valence electrons. The van der Waals surface area contributed by atoms with Gasteiger partial charge in [0.1, 0.15) is 0 Å². The third kappa shape index (κ3) is 8.50. The Labute approximate surface area is 346 Å². The van der Waals surface area contributed by atoms with E-state index in [-0.39, 0.29) is 50.1 Å². The summed E-state index contributed by atoms with van der Waals surface area (Å²) in [6.45, 7) is -5.58. The number of hydrogen-bond donors (Lipinski definition) is 0. The van der Waals surface area contributed by atoms with E-state index in [0.29, 0.717) is 15.0 Å². The highest BCUT2D eigenvalue weighted by atomic mass is 16.8. The molecule has 7 rings (SSSR count). The second-order valence-electron chi connectivity index (χ2n) is 12.4. The van der Waals surface area contributed by atoms with Gasteiger partial charge in [-0.25, -0.2) is 131 Å². The molecule has 0 unspecified atom stereocenters. The van der Waals surface area contributed by atoms with Crippen LogP contribution in [-0.2, 0) is 0 Å². The molecule has 52 nitrogen and oxygen atoms in total. The minimum atomic E-state index is -2.47. The normalized spacial score (nSPS) is 24.2. The van der Waals surface area contributed by atoms with Crippen molar-refractivity contribution in [3.8, 4) is 0 Å². The Kier molecular flexibility index (Phi) is 12.6. The summed E-state index contributed by atoms with van der Waals surface area (Å²) in [6.07, 6.45) is -14.4. The summed E-state index contributed by atoms with van der Waals surface area (Å²) >= 11 is 0. The number of piperazine rings is 1. The van der Waals surface area contributed by atoms with Gasteiger partial charge < -0.3 is 0 Å². The molecule has 0 N–H and O–H groups in total. The zero-order valence-electron chi connectivity index (χ0n) is 30.7. The highest BCUT2D eigenvalue weighted by Crippen LogP contribution is 2.51. The average Bonchev–Trinajstić information content (AvgIpc) is 3.63. The second kappa shape index (κ2) is 17.3. The van der Waals surface area contributed by atoms with Gasteiger partial charge in [0.15, 0.2) is 65.4 Å². The van der Waals surface area contributed by atoms with Crippen LogP contribution in [0.5, 0.6) is 0 Å². The van der Waals surface area contributed by atoms with E-state index < -0.39 is 149 Å². The third-order valence-corrected chi connectivity index (χ3v) is 9.09. The Morgan fingerprint density at radius 3 is 0.354 bits per heavy atom. The van der Waals surface area contributed by atoms with Crippen molar-refractivity contribution < 1.29 is 65.4 Å². The molecule has 0 saturated carbocycles. The van der Waals surface area contributed by atoms with Crippen LogP contribution >= 0.6 is 0 Å². The van der Waals surface area contributed by atoms with E-state index in [9.17, 15) is 131 Å². The Hall–Kier alpha value is -10.4. The quantitative estimate of drug-likeness (QED) is 0.122. The SMILES string of the molecule is O=[N+]([O-])N1C2C3N([N+](=O)[O-])[C@H]4[C@H](N([N+](=O)[O-])C(C1N4[N+](=O)[O-])N2[N+](=O)[O-])N3[N+](=O)[O-].O=[N+]([O-])N1CN([N+](=O)[O-])CN([N+](=O)[O-])C1.O=[N+]([O-])N1CN([N+](=O)[O-])CN([N+](=O)[O-])CN([N+](=O)[O-])C1. The summed E-state index contributed by atoms with van der Waals surface area (Å²) in [7, 11) is 0. The van der Waals surface area contributed by atoms with Crippen molar-refractivity contribution >= 4 is 0 Å². The molecule has 0 aliphatic carbocycles. The summed E-state index contributed by atoms with van der Waals surface area (Å²) in [5, 5.41) is 129. The van der Waals surface area contributed by atoms with Crippen molar-refractivity contribution in [2.24, 2.45) is 0 Å². The van der Waals surface area contributed by atoms with Crippen LogP contribution in [0.1, 0.15) is 0 Å². The molecule has 0 amide bonds. The fourth-order valence-electron chi connectivity index (χ4n) is 6.82. The Morgan fingerprint density at radius 2 is 0.292 bits per heavy atom. The predicted molar refractivity (Wildman–Crippen MR) is 172 cm³/mol. The average molecular weight is 956 g/mol. The fourth-order valence-corrected chi connectivity index (χ4v) is 6.82. The molecule has 7 heterocycles. The van der Waals surface area contributed by atoms with Crippen molar-refractivity contribution in [1.29, 1.82) is 0 Å². The maximum Gasteiger partial charge on any atom is 0.272 e. The molecule has 6 bridgehead atoms. The summed E-state index contributed by atoms with van der Waals surface area (Å²) in [5.41, 5.74) is 0. The molecule has 0 atom stereocenters. The first-order valence-electron chi connectivity index (χ1n) is 15.9. The first kappa shape index (κ1) is 47.3. The summed E-state index contributed by atoms with van der Waals surface area (Å²) < 4.78 is 0. The lowest BCUT2D eigenvalue weighted by atomic mass is 10.2. The van der Waals surface area contributed by atoms with Gasteiger partial charge in [0.25, 0.3) is 37.0 Å². The standard InChI is InChI=1S/C6H6N12O12.C4H8N8O8.C3H6N6O6/c19-13(20)7-1-2-8(14(21)22)5(7)6-9(15(23)24)3(11(1)17(27)28)4(10(6)16(25)26)12(2)18(29)30;13-9(14)5-1-6(10(15)16)3-8(12(19)20)4-7(2-5)11(17)18;10-7(11)4-1-5(8(12)13)3-6(2-4)9(14)15/h1-6H;1-4H2;1-3H2/t1-,2+,3?,4?,5?,6?;;. The molecule has 7 saturated heterocycles. The van der Waals surface area contributed by atoms with Crippen LogP contribution < -0.4 is 0 Å². The number of hydrazine groups is 13. The van der Waals surface area contributed by atoms with Crippen LogP contribution in [0.3, 0.4) is 0 Å². The molecule has 7 aliphatic heterocycles. The largest absolute Gasteiger partial charge is 0.272 e. The lowest BCUT2D eigenvalue weighted by molar-refractivity contribution is -0.792. The molecule has 65 heavy (non-hydrogen) atoms. The molecular formula is C13H20N26O26. The Morgan fingerprint density at radius 1 is 0.200 bits per heavy atom. The minimum Gasteiger partial charge on any atom is -0.235 e. The van der Waals surface area contributed by atoms with Crippen LogP contribution in [0.4, 0.5) is 0 Å². The molecule has 52 heteroatoms. The van der Waals surface area contributed by atoms with E-state index in [2.05, 4.69) is 0 Å². The van der Waals surface area contributed by atoms with Gasteiger partial charge in [-0.05, 0) is 0 Å². The van der Waals surface area contributed by atoms with Crippen LogP contribution in [0.15, 0.2) is 0 Å². The van der Waals surface area contributed by atoms with Gasteiger partial charge in [-0.1, -0.05) is 65.1 Å². The molecule has 7 aliphatic rings. The van der Waals surface area contributed by atoms with Gasteiger partial charge in [-0.15, -0.1) is 0 Å². The monoisotopic (exact) mass is 956 g/mol. The van der Waals surface area contributed by atoms with Gasteiger partial charge in [-0.3, -0.25) is 0 Å². The van der Waals surface area contributed by atoms with E-state index >= 15 is 0 Å². The van der Waals surface area contributed by atoms with E-state index in [1.807, 2.05) is 0 Å². The number of nitro groups is 13. The highest BCUT2D eigenvalue weighted by Gasteiger charge is 2.89. The van der Waals surface area contributed by atoms with Crippen molar-refractivity contribution in [2.75, 3.05) is 46.7 Å². The smallest absolute Gasteiger partial charge is 0.235 e. The predicted octanol–water partition coefficient (Wildman–Crippen LogP) is -7.88. The lowest BCUT2D eigenvalue weighted by Gasteiger charge is -2.39. The maximum absolute atomic E-state index is 11.7. The van der Waals surface area contributed by atoms with Gasteiger partial charge >= 0.3 is 0 Å². The summed E-state index contributed by atoms with van der Waals surface area (Å²) in [6, 6.07) is 0. The van der Waals surface area contributed by atoms with E-state index in [4.69, 9.17) is 0 Å². The first-order chi connectivity index (χ1) is 30.1. The van der Waals surface area contributed by atoms with Gasteiger partial charge in [0, 0.05) is 0 Å². The highest BCUT2D eigenvalue weighted by molar-refractivity contribution is 5.09. The molecule has 0 aromatic heterocycles. The zero-order valence-corrected chi connectivity index (χ0v) is 30.7. The minimum absolute atomic E-state index is 0.180. The topological polar surface area (TPSA) is 603 Å². The van der Waals surface area contributed by atoms with Crippen LogP contribution in [-0.4, -0.2) is 214 Å². The van der Waals surface area contributed by atoms with Crippen molar-refractivity contribution in [3.05, 3.63) is 131 Å². The van der Waals surface area contributed by atoms with Crippen LogP contribution in [0.25, 0.3) is 0 Å². The van der Waals surface area contributed by atoms with Crippen molar-refractivity contribution in [1.82, 2.24) is 65.1 Å². The zero-order chi connectivity index (χ0) is 49.4. The maximum atomic E-state index is 11.7. The number of rotatable bonds is 13. The van der Waals surface area contributed by atoms with Gasteiger partial charge in [-0.2, -0.15) is 0 Å². The fraction of sp³-hybridized carbons (Fsp3) is 1.00. The molecule has 0 aromatic carbocycles. The molecule has 0 aromatic rings. The number of nitrogens with zero attached hydrogens (tertiary/aromatic N) is 26. The first-order valence-corrected chi connectivity index (χ1v) is 15.9. The van der Waals surface area contributed by atoms with Gasteiger partial charge in [0.2, 0.25) is 46.7 Å². The lowest BCUT2D eigenvalue weighted by Crippen LogP contribution is -2.77. The molecule has 0 radical (unpaired) electrons. The second-order valence-corrected chi connectivity index (χ2v) is 12.4.